The quantitative estimate of drug-likeness (QED) is 0.607. The van der Waals surface area contributed by atoms with Gasteiger partial charge in [-0.25, -0.2) is 10.8 Å². The third kappa shape index (κ3) is 4.50. The molecular weight excluding hydrogens is 236 g/mol. The first-order valence-electron chi connectivity index (χ1n) is 5.91. The topological polar surface area (TPSA) is 54.2 Å². The van der Waals surface area contributed by atoms with E-state index in [1.807, 2.05) is 6.07 Å². The highest BCUT2D eigenvalue weighted by atomic mass is 35.5. The van der Waals surface area contributed by atoms with E-state index in [1.54, 1.807) is 6.07 Å². The molecule has 0 aliphatic carbocycles. The van der Waals surface area contributed by atoms with Crippen LogP contribution >= 0.6 is 11.6 Å². The summed E-state index contributed by atoms with van der Waals surface area (Å²) in [6.45, 7) is 9.32. The third-order valence-electron chi connectivity index (χ3n) is 2.51. The van der Waals surface area contributed by atoms with Gasteiger partial charge in [0.2, 0.25) is 0 Å². The van der Waals surface area contributed by atoms with E-state index in [0.717, 1.165) is 25.3 Å². The molecule has 1 aromatic heterocycles. The Hall–Kier alpha value is -0.840. The Bertz CT molecular complexity index is 354. The van der Waals surface area contributed by atoms with Crippen LogP contribution in [0.3, 0.4) is 0 Å². The zero-order valence-electron chi connectivity index (χ0n) is 10.7. The molecule has 0 radical (unpaired) electrons. The van der Waals surface area contributed by atoms with Gasteiger partial charge in [-0.2, -0.15) is 0 Å². The van der Waals surface area contributed by atoms with Crippen LogP contribution in [0.25, 0.3) is 0 Å². The van der Waals surface area contributed by atoms with Gasteiger partial charge in [-0.1, -0.05) is 32.4 Å². The Kier molecular flexibility index (Phi) is 5.68. The van der Waals surface area contributed by atoms with Crippen LogP contribution in [-0.4, -0.2) is 23.0 Å². The summed E-state index contributed by atoms with van der Waals surface area (Å²) in [6.07, 6.45) is 0. The molecule has 0 bridgehead atoms. The lowest BCUT2D eigenvalue weighted by Gasteiger charge is -2.22. The molecule has 0 unspecified atom stereocenters. The highest BCUT2D eigenvalue weighted by Gasteiger charge is 2.10. The molecule has 5 heteroatoms. The minimum absolute atomic E-state index is 0.629. The summed E-state index contributed by atoms with van der Waals surface area (Å²) in [5.41, 5.74) is 3.40. The van der Waals surface area contributed by atoms with Gasteiger partial charge < -0.3 is 5.43 Å². The lowest BCUT2D eigenvalue weighted by atomic mass is 10.2. The second kappa shape index (κ2) is 6.79. The molecule has 17 heavy (non-hydrogen) atoms. The predicted octanol–water partition coefficient (Wildman–Crippen LogP) is 2.50. The van der Waals surface area contributed by atoms with Gasteiger partial charge in [0.1, 0.15) is 5.82 Å². The van der Waals surface area contributed by atoms with E-state index in [4.69, 9.17) is 17.4 Å². The minimum Gasteiger partial charge on any atom is -0.308 e. The molecule has 0 saturated carbocycles. The number of halogens is 1. The molecule has 0 aliphatic rings. The molecule has 0 saturated heterocycles. The van der Waals surface area contributed by atoms with Gasteiger partial charge in [0.15, 0.2) is 0 Å². The number of nitrogens with zero attached hydrogens (tertiary/aromatic N) is 2. The summed E-state index contributed by atoms with van der Waals surface area (Å²) in [4.78, 5) is 6.69. The maximum Gasteiger partial charge on any atom is 0.140 e. The summed E-state index contributed by atoms with van der Waals surface area (Å²) in [5, 5.41) is 0.686. The van der Waals surface area contributed by atoms with Gasteiger partial charge in [-0.05, 0) is 24.6 Å². The van der Waals surface area contributed by atoms with E-state index in [0.29, 0.717) is 16.8 Å². The van der Waals surface area contributed by atoms with Crippen molar-refractivity contribution in [3.05, 3.63) is 22.8 Å². The van der Waals surface area contributed by atoms with Gasteiger partial charge in [0, 0.05) is 13.1 Å². The van der Waals surface area contributed by atoms with Crippen LogP contribution < -0.4 is 11.3 Å². The summed E-state index contributed by atoms with van der Waals surface area (Å²) >= 11 is 6.13. The zero-order chi connectivity index (χ0) is 12.8. The van der Waals surface area contributed by atoms with Crippen LogP contribution in [0, 0.1) is 5.92 Å². The van der Waals surface area contributed by atoms with Crippen molar-refractivity contribution in [2.45, 2.75) is 27.3 Å². The Morgan fingerprint density at radius 1 is 1.47 bits per heavy atom. The molecular formula is C12H21ClN4. The molecule has 4 nitrogen and oxygen atoms in total. The number of rotatable bonds is 6. The van der Waals surface area contributed by atoms with Gasteiger partial charge in [-0.3, -0.25) is 4.90 Å². The van der Waals surface area contributed by atoms with Crippen molar-refractivity contribution in [1.82, 2.24) is 9.88 Å². The molecule has 0 atom stereocenters. The number of hydrogen-bond donors (Lipinski definition) is 2. The summed E-state index contributed by atoms with van der Waals surface area (Å²) in [6, 6.07) is 3.59. The molecule has 1 heterocycles. The van der Waals surface area contributed by atoms with Crippen molar-refractivity contribution < 1.29 is 0 Å². The van der Waals surface area contributed by atoms with Crippen molar-refractivity contribution in [1.29, 1.82) is 0 Å². The first kappa shape index (κ1) is 14.2. The van der Waals surface area contributed by atoms with Gasteiger partial charge in [0.25, 0.3) is 0 Å². The maximum atomic E-state index is 6.13. The predicted molar refractivity (Wildman–Crippen MR) is 72.8 cm³/mol. The number of nitrogens with one attached hydrogen (secondary N) is 1. The standard InChI is InChI=1S/C12H21ClN4/c1-4-17(7-9(2)3)8-11-10(13)5-6-12(15-11)16-14/h5-6,9H,4,7-8,14H2,1-3H3,(H,15,16). The van der Waals surface area contributed by atoms with Crippen molar-refractivity contribution in [3.8, 4) is 0 Å². The second-order valence-corrected chi connectivity index (χ2v) is 4.90. The molecule has 3 N–H and O–H groups in total. The van der Waals surface area contributed by atoms with Crippen LogP contribution in [0.2, 0.25) is 5.02 Å². The van der Waals surface area contributed by atoms with Crippen LogP contribution in [0.5, 0.6) is 0 Å². The summed E-state index contributed by atoms with van der Waals surface area (Å²) in [5.74, 6) is 6.62. The molecule has 0 fully saturated rings. The number of hydrazine groups is 1. The Balaban J connectivity index is 2.77. The van der Waals surface area contributed by atoms with Gasteiger partial charge >= 0.3 is 0 Å². The van der Waals surface area contributed by atoms with Gasteiger partial charge in [0.05, 0.1) is 10.7 Å². The number of pyridine rings is 1. The molecule has 1 rings (SSSR count). The van der Waals surface area contributed by atoms with Crippen LogP contribution in [0.15, 0.2) is 12.1 Å². The van der Waals surface area contributed by atoms with Crippen molar-refractivity contribution in [2.75, 3.05) is 18.5 Å². The maximum absolute atomic E-state index is 6.13. The minimum atomic E-state index is 0.629. The SMILES string of the molecule is CCN(Cc1nc(NN)ccc1Cl)CC(C)C. The molecule has 0 amide bonds. The zero-order valence-corrected chi connectivity index (χ0v) is 11.5. The molecule has 0 spiro atoms. The number of aromatic nitrogens is 1. The van der Waals surface area contributed by atoms with Crippen LogP contribution in [0.4, 0.5) is 5.82 Å². The van der Waals surface area contributed by atoms with Crippen molar-refractivity contribution in [3.63, 3.8) is 0 Å². The second-order valence-electron chi connectivity index (χ2n) is 4.49. The molecule has 96 valence electrons. The molecule has 0 aliphatic heterocycles. The average molecular weight is 257 g/mol. The fourth-order valence-electron chi connectivity index (χ4n) is 1.71. The van der Waals surface area contributed by atoms with E-state index in [-0.39, 0.29) is 0 Å². The highest BCUT2D eigenvalue weighted by Crippen LogP contribution is 2.18. The van der Waals surface area contributed by atoms with E-state index in [1.165, 1.54) is 0 Å². The van der Waals surface area contributed by atoms with Crippen molar-refractivity contribution in [2.24, 2.45) is 11.8 Å². The lowest BCUT2D eigenvalue weighted by Crippen LogP contribution is -2.27. The van der Waals surface area contributed by atoms with E-state index in [9.17, 15) is 0 Å². The lowest BCUT2D eigenvalue weighted by molar-refractivity contribution is 0.246. The van der Waals surface area contributed by atoms with Crippen molar-refractivity contribution >= 4 is 17.4 Å². The van der Waals surface area contributed by atoms with E-state index in [2.05, 4.69) is 36.1 Å². The Morgan fingerprint density at radius 3 is 2.71 bits per heavy atom. The third-order valence-corrected chi connectivity index (χ3v) is 2.85. The number of hydrogen-bond acceptors (Lipinski definition) is 4. The summed E-state index contributed by atoms with van der Waals surface area (Å²) < 4.78 is 0. The van der Waals surface area contributed by atoms with Crippen LogP contribution in [-0.2, 0) is 6.54 Å². The smallest absolute Gasteiger partial charge is 0.140 e. The fourth-order valence-corrected chi connectivity index (χ4v) is 1.87. The number of nitrogen functional groups attached to an aromatic ring is 1. The first-order valence-corrected chi connectivity index (χ1v) is 6.29. The first-order chi connectivity index (χ1) is 8.06. The summed E-state index contributed by atoms with van der Waals surface area (Å²) in [7, 11) is 0. The number of anilines is 1. The van der Waals surface area contributed by atoms with Gasteiger partial charge in [-0.15, -0.1) is 0 Å². The Morgan fingerprint density at radius 2 is 2.18 bits per heavy atom. The average Bonchev–Trinajstić information content (AvgIpc) is 2.30. The molecule has 1 aromatic rings. The highest BCUT2D eigenvalue weighted by molar-refractivity contribution is 6.31. The fraction of sp³-hybridized carbons (Fsp3) is 0.583. The monoisotopic (exact) mass is 256 g/mol. The molecule has 0 aromatic carbocycles. The largest absolute Gasteiger partial charge is 0.308 e. The van der Waals surface area contributed by atoms with E-state index < -0.39 is 0 Å². The Labute approximate surface area is 108 Å². The van der Waals surface area contributed by atoms with Crippen LogP contribution in [0.1, 0.15) is 26.5 Å². The van der Waals surface area contributed by atoms with E-state index >= 15 is 0 Å². The normalized spacial score (nSPS) is 11.2. The number of nitrogens with two attached hydrogens (primary N) is 1.